The van der Waals surface area contributed by atoms with Crippen LogP contribution in [0.2, 0.25) is 0 Å². The highest BCUT2D eigenvalue weighted by molar-refractivity contribution is 7.80. The lowest BCUT2D eigenvalue weighted by Gasteiger charge is -2.35. The summed E-state index contributed by atoms with van der Waals surface area (Å²) >= 11 is 5.23. The molecule has 0 saturated carbocycles. The first-order chi connectivity index (χ1) is 13.8. The highest BCUT2D eigenvalue weighted by Crippen LogP contribution is 2.32. The molecule has 0 aliphatic carbocycles. The second-order valence-corrected chi connectivity index (χ2v) is 6.78. The van der Waals surface area contributed by atoms with E-state index in [1.54, 1.807) is 45.0 Å². The standard InChI is InChI=1S/C20H19N3O5S/c1-4-21-18(24)15(19(25)22(5-2)20(21)29)11-13-7-9-17(28-13)14-8-6-12(3)10-16(14)23(26)27/h6-11H,4-5H2,1-3H3. The number of rotatable bonds is 5. The summed E-state index contributed by atoms with van der Waals surface area (Å²) < 4.78 is 5.71. The van der Waals surface area contributed by atoms with E-state index < -0.39 is 16.7 Å². The molecule has 2 heterocycles. The number of amides is 2. The zero-order valence-electron chi connectivity index (χ0n) is 16.2. The Hall–Kier alpha value is -3.33. The molecule has 1 aliphatic heterocycles. The third-order valence-electron chi connectivity index (χ3n) is 4.57. The van der Waals surface area contributed by atoms with Crippen molar-refractivity contribution in [3.05, 3.63) is 57.3 Å². The molecule has 150 valence electrons. The van der Waals surface area contributed by atoms with Crippen LogP contribution in [0.1, 0.15) is 25.2 Å². The van der Waals surface area contributed by atoms with Crippen molar-refractivity contribution in [1.29, 1.82) is 0 Å². The molecule has 8 nitrogen and oxygen atoms in total. The number of nitro groups is 1. The molecule has 1 aromatic heterocycles. The summed E-state index contributed by atoms with van der Waals surface area (Å²) in [5.74, 6) is -0.473. The summed E-state index contributed by atoms with van der Waals surface area (Å²) in [6.07, 6.45) is 1.35. The van der Waals surface area contributed by atoms with E-state index in [4.69, 9.17) is 16.6 Å². The SMILES string of the molecule is CCN1C(=O)C(=Cc2ccc(-c3ccc(C)cc3[N+](=O)[O-])o2)C(=O)N(CC)C1=S. The van der Waals surface area contributed by atoms with Gasteiger partial charge in [0.25, 0.3) is 17.5 Å². The maximum absolute atomic E-state index is 12.7. The van der Waals surface area contributed by atoms with Gasteiger partial charge in [0.2, 0.25) is 0 Å². The van der Waals surface area contributed by atoms with Crippen LogP contribution in [0.15, 0.2) is 40.3 Å². The van der Waals surface area contributed by atoms with Gasteiger partial charge < -0.3 is 4.42 Å². The largest absolute Gasteiger partial charge is 0.456 e. The van der Waals surface area contributed by atoms with E-state index in [1.807, 2.05) is 0 Å². The molecular formula is C20H19N3O5S. The first-order valence-electron chi connectivity index (χ1n) is 9.03. The van der Waals surface area contributed by atoms with Gasteiger partial charge in [-0.25, -0.2) is 0 Å². The van der Waals surface area contributed by atoms with Crippen molar-refractivity contribution in [2.24, 2.45) is 0 Å². The van der Waals surface area contributed by atoms with Gasteiger partial charge in [0.1, 0.15) is 17.1 Å². The number of furan rings is 1. The van der Waals surface area contributed by atoms with Crippen molar-refractivity contribution in [2.75, 3.05) is 13.1 Å². The van der Waals surface area contributed by atoms with Crippen molar-refractivity contribution in [1.82, 2.24) is 9.80 Å². The quantitative estimate of drug-likeness (QED) is 0.245. The zero-order valence-corrected chi connectivity index (χ0v) is 17.0. The van der Waals surface area contributed by atoms with Crippen molar-refractivity contribution >= 4 is 40.9 Å². The third-order valence-corrected chi connectivity index (χ3v) is 5.01. The Bertz CT molecular complexity index is 1030. The molecule has 0 spiro atoms. The van der Waals surface area contributed by atoms with Crippen LogP contribution >= 0.6 is 12.2 Å². The minimum Gasteiger partial charge on any atom is -0.456 e. The zero-order chi connectivity index (χ0) is 21.3. The number of hydrogen-bond acceptors (Lipinski definition) is 6. The average molecular weight is 413 g/mol. The number of carbonyl (C=O) groups excluding carboxylic acids is 2. The molecule has 1 aromatic carbocycles. The van der Waals surface area contributed by atoms with E-state index in [1.165, 1.54) is 21.9 Å². The topological polar surface area (TPSA) is 96.9 Å². The Morgan fingerprint density at radius 3 is 2.28 bits per heavy atom. The van der Waals surface area contributed by atoms with Crippen LogP contribution in [0.5, 0.6) is 0 Å². The average Bonchev–Trinajstić information content (AvgIpc) is 3.14. The summed E-state index contributed by atoms with van der Waals surface area (Å²) in [7, 11) is 0. The molecule has 29 heavy (non-hydrogen) atoms. The summed E-state index contributed by atoms with van der Waals surface area (Å²) in [4.78, 5) is 39.0. The molecule has 1 fully saturated rings. The van der Waals surface area contributed by atoms with Gasteiger partial charge in [0, 0.05) is 19.2 Å². The number of hydrogen-bond donors (Lipinski definition) is 0. The van der Waals surface area contributed by atoms with Crippen LogP contribution in [0.25, 0.3) is 17.4 Å². The fraction of sp³-hybridized carbons (Fsp3) is 0.250. The molecule has 2 aromatic rings. The molecule has 1 saturated heterocycles. The molecule has 0 N–H and O–H groups in total. The smallest absolute Gasteiger partial charge is 0.280 e. The number of aryl methyl sites for hydroxylation is 1. The van der Waals surface area contributed by atoms with Gasteiger partial charge in [-0.05, 0) is 62.8 Å². The number of nitrogens with zero attached hydrogens (tertiary/aromatic N) is 3. The van der Waals surface area contributed by atoms with Gasteiger partial charge in [-0.15, -0.1) is 0 Å². The van der Waals surface area contributed by atoms with Crippen LogP contribution in [0, 0.1) is 17.0 Å². The minimum absolute atomic E-state index is 0.0680. The van der Waals surface area contributed by atoms with Crippen molar-refractivity contribution in [3.8, 4) is 11.3 Å². The van der Waals surface area contributed by atoms with Gasteiger partial charge in [-0.2, -0.15) is 0 Å². The summed E-state index contributed by atoms with van der Waals surface area (Å²) in [5, 5.41) is 11.5. The van der Waals surface area contributed by atoms with Gasteiger partial charge in [-0.1, -0.05) is 6.07 Å². The molecule has 0 bridgehead atoms. The number of thiocarbonyl (C=S) groups is 1. The summed E-state index contributed by atoms with van der Waals surface area (Å²) in [6.45, 7) is 5.97. The maximum Gasteiger partial charge on any atom is 0.280 e. The second-order valence-electron chi connectivity index (χ2n) is 6.42. The number of likely N-dealkylation sites (N-methyl/N-ethyl adjacent to an activating group) is 2. The first kappa shape index (κ1) is 20.4. The Labute approximate surface area is 172 Å². The predicted octanol–water partition coefficient (Wildman–Crippen LogP) is 3.54. The van der Waals surface area contributed by atoms with Crippen LogP contribution in [-0.2, 0) is 9.59 Å². The molecule has 0 atom stereocenters. The highest BCUT2D eigenvalue weighted by Gasteiger charge is 2.38. The molecule has 0 unspecified atom stereocenters. The Morgan fingerprint density at radius 2 is 1.72 bits per heavy atom. The lowest BCUT2D eigenvalue weighted by atomic mass is 10.1. The number of nitro benzene ring substituents is 1. The van der Waals surface area contributed by atoms with E-state index in [0.717, 1.165) is 5.56 Å². The van der Waals surface area contributed by atoms with Crippen LogP contribution in [0.3, 0.4) is 0 Å². The van der Waals surface area contributed by atoms with Crippen LogP contribution < -0.4 is 0 Å². The van der Waals surface area contributed by atoms with E-state index in [2.05, 4.69) is 0 Å². The first-order valence-corrected chi connectivity index (χ1v) is 9.43. The lowest BCUT2D eigenvalue weighted by molar-refractivity contribution is -0.384. The van der Waals surface area contributed by atoms with Gasteiger partial charge >= 0.3 is 0 Å². The van der Waals surface area contributed by atoms with E-state index in [9.17, 15) is 19.7 Å². The normalized spacial score (nSPS) is 14.6. The minimum atomic E-state index is -0.494. The Kier molecular flexibility index (Phi) is 5.60. The van der Waals surface area contributed by atoms with Gasteiger partial charge in [-0.3, -0.25) is 29.5 Å². The van der Waals surface area contributed by atoms with Gasteiger partial charge in [0.15, 0.2) is 5.11 Å². The number of carbonyl (C=O) groups is 2. The van der Waals surface area contributed by atoms with E-state index in [-0.39, 0.29) is 27.9 Å². The fourth-order valence-corrected chi connectivity index (χ4v) is 3.53. The van der Waals surface area contributed by atoms with E-state index >= 15 is 0 Å². The molecule has 9 heteroatoms. The summed E-state index contributed by atoms with van der Waals surface area (Å²) in [5.41, 5.74) is 0.922. The molecule has 1 aliphatic rings. The maximum atomic E-state index is 12.7. The van der Waals surface area contributed by atoms with Crippen molar-refractivity contribution in [2.45, 2.75) is 20.8 Å². The second kappa shape index (κ2) is 7.96. The van der Waals surface area contributed by atoms with Gasteiger partial charge in [0.05, 0.1) is 10.5 Å². The fourth-order valence-electron chi connectivity index (χ4n) is 3.10. The van der Waals surface area contributed by atoms with E-state index in [0.29, 0.717) is 18.7 Å². The Balaban J connectivity index is 2.02. The molecule has 2 amide bonds. The lowest BCUT2D eigenvalue weighted by Crippen LogP contribution is -2.55. The predicted molar refractivity (Wildman–Crippen MR) is 111 cm³/mol. The molecule has 0 radical (unpaired) electrons. The van der Waals surface area contributed by atoms with Crippen molar-refractivity contribution < 1.29 is 18.9 Å². The summed E-state index contributed by atoms with van der Waals surface area (Å²) in [6, 6.07) is 7.95. The van der Waals surface area contributed by atoms with Crippen molar-refractivity contribution in [3.63, 3.8) is 0 Å². The molecular weight excluding hydrogens is 394 g/mol. The third kappa shape index (κ3) is 3.68. The monoisotopic (exact) mass is 413 g/mol. The number of benzene rings is 1. The van der Waals surface area contributed by atoms with Crippen LogP contribution in [-0.4, -0.2) is 44.7 Å². The Morgan fingerprint density at radius 1 is 1.10 bits per heavy atom. The highest BCUT2D eigenvalue weighted by atomic mass is 32.1. The molecule has 3 rings (SSSR count). The van der Waals surface area contributed by atoms with Crippen LogP contribution in [0.4, 0.5) is 5.69 Å².